The Morgan fingerprint density at radius 2 is 1.62 bits per heavy atom. The van der Waals surface area contributed by atoms with Gasteiger partial charge in [-0.1, -0.05) is 61.7 Å². The van der Waals surface area contributed by atoms with E-state index in [2.05, 4.69) is 30.2 Å². The second kappa shape index (κ2) is 14.4. The first-order valence-electron chi connectivity index (χ1n) is 13.6. The molecule has 2 atom stereocenters. The van der Waals surface area contributed by atoms with Crippen LogP contribution in [0, 0.1) is 27.7 Å². The monoisotopic (exact) mass is 555 g/mol. The second-order valence-corrected chi connectivity index (χ2v) is 11.5. The number of para-hydroxylation sites is 1. The third kappa shape index (κ3) is 9.31. The van der Waals surface area contributed by atoms with Crippen LogP contribution in [0.1, 0.15) is 80.8 Å². The van der Waals surface area contributed by atoms with Crippen molar-refractivity contribution in [3.63, 3.8) is 0 Å². The van der Waals surface area contributed by atoms with Gasteiger partial charge in [0, 0.05) is 18.0 Å². The van der Waals surface area contributed by atoms with Crippen LogP contribution in [-0.4, -0.2) is 46.7 Å². The lowest BCUT2D eigenvalue weighted by Gasteiger charge is -2.35. The van der Waals surface area contributed by atoms with Crippen LogP contribution in [0.3, 0.4) is 0 Å². The molecule has 214 valence electrons. The van der Waals surface area contributed by atoms with Gasteiger partial charge in [0.2, 0.25) is 5.91 Å². The Hall–Kier alpha value is -3.00. The highest BCUT2D eigenvalue weighted by atomic mass is 32.1. The molecule has 2 aromatic rings. The molecular formula is C31H45N3O4S. The summed E-state index contributed by atoms with van der Waals surface area (Å²) in [6.45, 7) is 15.5. The SMILES string of the molecule is CCCCCN(C(=O)C(CS)NC(=O)OC(C)(C)C)C(C(=O)Nc1c(C)cccc1C)c1ccc(C)cc1C. The topological polar surface area (TPSA) is 87.7 Å². The van der Waals surface area contributed by atoms with Crippen LogP contribution in [0.25, 0.3) is 0 Å². The first-order valence-corrected chi connectivity index (χ1v) is 14.3. The maximum atomic E-state index is 14.1. The molecule has 0 saturated heterocycles. The van der Waals surface area contributed by atoms with Crippen molar-refractivity contribution in [2.75, 3.05) is 17.6 Å². The van der Waals surface area contributed by atoms with E-state index in [0.717, 1.165) is 46.3 Å². The van der Waals surface area contributed by atoms with Gasteiger partial charge in [-0.3, -0.25) is 9.59 Å². The van der Waals surface area contributed by atoms with Gasteiger partial charge in [0.05, 0.1) is 0 Å². The number of unbranched alkanes of at least 4 members (excludes halogenated alkanes) is 2. The van der Waals surface area contributed by atoms with Crippen LogP contribution < -0.4 is 10.6 Å². The number of anilines is 1. The van der Waals surface area contributed by atoms with Crippen LogP contribution in [-0.2, 0) is 14.3 Å². The average Bonchev–Trinajstić information content (AvgIpc) is 2.83. The number of carbonyl (C=O) groups excluding carboxylic acids is 3. The lowest BCUT2D eigenvalue weighted by molar-refractivity contribution is -0.140. The normalized spacial score (nSPS) is 12.8. The van der Waals surface area contributed by atoms with E-state index in [0.29, 0.717) is 13.0 Å². The number of hydrogen-bond acceptors (Lipinski definition) is 5. The zero-order valence-electron chi connectivity index (χ0n) is 24.7. The van der Waals surface area contributed by atoms with Crippen LogP contribution in [0.5, 0.6) is 0 Å². The molecule has 0 bridgehead atoms. The lowest BCUT2D eigenvalue weighted by Crippen LogP contribution is -2.53. The number of amides is 3. The quantitative estimate of drug-likeness (QED) is 0.220. The van der Waals surface area contributed by atoms with Crippen molar-refractivity contribution in [2.45, 2.75) is 92.3 Å². The largest absolute Gasteiger partial charge is 0.444 e. The van der Waals surface area contributed by atoms with Crippen LogP contribution >= 0.6 is 12.6 Å². The van der Waals surface area contributed by atoms with Gasteiger partial charge in [-0.2, -0.15) is 12.6 Å². The molecular weight excluding hydrogens is 510 g/mol. The molecule has 8 heteroatoms. The molecule has 0 saturated carbocycles. The molecule has 7 nitrogen and oxygen atoms in total. The molecule has 3 amide bonds. The van der Waals surface area contributed by atoms with E-state index in [4.69, 9.17) is 4.74 Å². The number of nitrogens with zero attached hydrogens (tertiary/aromatic N) is 1. The predicted octanol–water partition coefficient (Wildman–Crippen LogP) is 6.44. The van der Waals surface area contributed by atoms with Gasteiger partial charge in [0.1, 0.15) is 17.7 Å². The number of carbonyl (C=O) groups is 3. The summed E-state index contributed by atoms with van der Waals surface area (Å²) in [5, 5.41) is 5.78. The zero-order valence-corrected chi connectivity index (χ0v) is 25.6. The van der Waals surface area contributed by atoms with E-state index >= 15 is 0 Å². The molecule has 0 aliphatic carbocycles. The third-order valence-electron chi connectivity index (χ3n) is 6.47. The minimum Gasteiger partial charge on any atom is -0.444 e. The molecule has 2 aromatic carbocycles. The van der Waals surface area contributed by atoms with Gasteiger partial charge in [0.15, 0.2) is 0 Å². The van der Waals surface area contributed by atoms with Crippen molar-refractivity contribution < 1.29 is 19.1 Å². The number of aryl methyl sites for hydroxylation is 4. The van der Waals surface area contributed by atoms with Crippen LogP contribution in [0.15, 0.2) is 36.4 Å². The minimum atomic E-state index is -0.967. The Morgan fingerprint density at radius 3 is 2.15 bits per heavy atom. The highest BCUT2D eigenvalue weighted by Gasteiger charge is 2.36. The van der Waals surface area contributed by atoms with Crippen molar-refractivity contribution in [2.24, 2.45) is 0 Å². The first-order chi connectivity index (χ1) is 18.3. The summed E-state index contributed by atoms with van der Waals surface area (Å²) in [5.41, 5.74) is 4.60. The van der Waals surface area contributed by atoms with E-state index in [1.165, 1.54) is 0 Å². The van der Waals surface area contributed by atoms with Gasteiger partial charge in [-0.15, -0.1) is 0 Å². The molecule has 0 radical (unpaired) electrons. The average molecular weight is 556 g/mol. The molecule has 2 N–H and O–H groups in total. The van der Waals surface area contributed by atoms with Crippen molar-refractivity contribution in [1.82, 2.24) is 10.2 Å². The Balaban J connectivity index is 2.57. The van der Waals surface area contributed by atoms with Gasteiger partial charge >= 0.3 is 6.09 Å². The summed E-state index contributed by atoms with van der Waals surface area (Å²) in [5.74, 6) is -0.631. The number of benzene rings is 2. The van der Waals surface area contributed by atoms with E-state index in [-0.39, 0.29) is 17.6 Å². The van der Waals surface area contributed by atoms with Crippen molar-refractivity contribution in [1.29, 1.82) is 0 Å². The van der Waals surface area contributed by atoms with Crippen molar-refractivity contribution in [3.05, 3.63) is 64.2 Å². The van der Waals surface area contributed by atoms with Gasteiger partial charge in [0.25, 0.3) is 5.91 Å². The summed E-state index contributed by atoms with van der Waals surface area (Å²) in [6.07, 6.45) is 1.86. The summed E-state index contributed by atoms with van der Waals surface area (Å²) in [6, 6.07) is 9.84. The van der Waals surface area contributed by atoms with Crippen LogP contribution in [0.2, 0.25) is 0 Å². The predicted molar refractivity (Wildman–Crippen MR) is 161 cm³/mol. The summed E-state index contributed by atoms with van der Waals surface area (Å²) < 4.78 is 5.39. The lowest BCUT2D eigenvalue weighted by atomic mass is 9.96. The molecule has 2 unspecified atom stereocenters. The molecule has 0 fully saturated rings. The number of nitrogens with one attached hydrogen (secondary N) is 2. The van der Waals surface area contributed by atoms with Crippen molar-refractivity contribution in [3.8, 4) is 0 Å². The van der Waals surface area contributed by atoms with Gasteiger partial charge in [-0.25, -0.2) is 4.79 Å². The standard InChI is InChI=1S/C31H45N3O4S/c1-9-10-11-17-34(29(36)25(19-39)32-30(37)38-31(6,7)8)27(24-16-15-20(2)18-23(24)5)28(35)33-26-21(3)13-12-14-22(26)4/h12-16,18,25,27,39H,9-11,17,19H2,1-8H3,(H,32,37)(H,33,35). The molecule has 0 heterocycles. The fourth-order valence-electron chi connectivity index (χ4n) is 4.52. The summed E-state index contributed by atoms with van der Waals surface area (Å²) in [4.78, 5) is 42.4. The molecule has 2 rings (SSSR count). The Kier molecular flexibility index (Phi) is 11.9. The Morgan fingerprint density at radius 1 is 0.974 bits per heavy atom. The number of ether oxygens (including phenoxy) is 1. The number of rotatable bonds is 11. The Bertz CT molecular complexity index is 1140. The summed E-state index contributed by atoms with van der Waals surface area (Å²) >= 11 is 4.38. The maximum Gasteiger partial charge on any atom is 0.408 e. The summed E-state index contributed by atoms with van der Waals surface area (Å²) in [7, 11) is 0. The molecule has 39 heavy (non-hydrogen) atoms. The van der Waals surface area contributed by atoms with Gasteiger partial charge < -0.3 is 20.3 Å². The fourth-order valence-corrected chi connectivity index (χ4v) is 4.77. The van der Waals surface area contributed by atoms with E-state index < -0.39 is 23.8 Å². The van der Waals surface area contributed by atoms with Crippen LogP contribution in [0.4, 0.5) is 10.5 Å². The second-order valence-electron chi connectivity index (χ2n) is 11.1. The number of alkyl carbamates (subject to hydrolysis) is 1. The molecule has 0 aliphatic heterocycles. The van der Waals surface area contributed by atoms with E-state index in [1.54, 1.807) is 25.7 Å². The minimum absolute atomic E-state index is 0.0560. The Labute approximate surface area is 239 Å². The van der Waals surface area contributed by atoms with E-state index in [9.17, 15) is 14.4 Å². The third-order valence-corrected chi connectivity index (χ3v) is 6.83. The van der Waals surface area contributed by atoms with E-state index in [1.807, 2.05) is 64.1 Å². The highest BCUT2D eigenvalue weighted by molar-refractivity contribution is 7.80. The van der Waals surface area contributed by atoms with Gasteiger partial charge in [-0.05, 0) is 77.1 Å². The number of thiol groups is 1. The smallest absolute Gasteiger partial charge is 0.408 e. The zero-order chi connectivity index (χ0) is 29.3. The number of hydrogen-bond donors (Lipinski definition) is 3. The highest BCUT2D eigenvalue weighted by Crippen LogP contribution is 2.30. The van der Waals surface area contributed by atoms with Crippen molar-refractivity contribution >= 4 is 36.2 Å². The first kappa shape index (κ1) is 32.2. The molecule has 0 aromatic heterocycles. The maximum absolute atomic E-state index is 14.1. The molecule has 0 aliphatic rings. The molecule has 0 spiro atoms. The fraction of sp³-hybridized carbons (Fsp3) is 0.516.